The summed E-state index contributed by atoms with van der Waals surface area (Å²) in [5.41, 5.74) is 0. The summed E-state index contributed by atoms with van der Waals surface area (Å²) < 4.78 is 22.7. The number of carbonyl (C=O) groups is 1. The molecule has 1 saturated heterocycles. The molecule has 0 spiro atoms. The number of methoxy groups -OCH3 is 1. The molecule has 2 rings (SSSR count). The second-order valence-corrected chi connectivity index (χ2v) is 6.76. The minimum absolute atomic E-state index is 0.0491. The molecular weight excluding hydrogens is 310 g/mol. The Morgan fingerprint density at radius 3 is 2.38 bits per heavy atom. The summed E-state index contributed by atoms with van der Waals surface area (Å²) in [6.07, 6.45) is 3.95. The number of rotatable bonds is 8. The van der Waals surface area contributed by atoms with Crippen LogP contribution in [0.2, 0.25) is 0 Å². The average Bonchev–Trinajstić information content (AvgIpc) is 2.89. The molecule has 0 radical (unpaired) electrons. The van der Waals surface area contributed by atoms with Crippen LogP contribution in [0.5, 0.6) is 0 Å². The van der Waals surface area contributed by atoms with Crippen molar-refractivity contribution in [1.29, 1.82) is 0 Å². The summed E-state index contributed by atoms with van der Waals surface area (Å²) in [5, 5.41) is 0. The Bertz CT molecular complexity index is 384. The Balaban J connectivity index is 1.78. The number of nitrogens with zero attached hydrogens (tertiary/aromatic N) is 1. The Morgan fingerprint density at radius 1 is 1.08 bits per heavy atom. The van der Waals surface area contributed by atoms with Crippen LogP contribution in [-0.4, -0.2) is 75.7 Å². The molecule has 0 bridgehead atoms. The lowest BCUT2D eigenvalue weighted by molar-refractivity contribution is -0.150. The molecule has 1 aliphatic carbocycles. The maximum Gasteiger partial charge on any atom is 0.308 e. The largest absolute Gasteiger partial charge is 0.466 e. The summed E-state index contributed by atoms with van der Waals surface area (Å²) in [6, 6.07) is 0.220. The molecule has 6 heteroatoms. The zero-order valence-electron chi connectivity index (χ0n) is 15.5. The van der Waals surface area contributed by atoms with Crippen molar-refractivity contribution in [3.8, 4) is 0 Å². The van der Waals surface area contributed by atoms with Gasteiger partial charge in [-0.05, 0) is 46.6 Å². The van der Waals surface area contributed by atoms with Crippen LogP contribution in [0.15, 0.2) is 0 Å². The van der Waals surface area contributed by atoms with E-state index in [1.165, 1.54) is 0 Å². The average molecular weight is 343 g/mol. The van der Waals surface area contributed by atoms with Crippen LogP contribution < -0.4 is 0 Å². The van der Waals surface area contributed by atoms with Gasteiger partial charge in [0.25, 0.3) is 0 Å². The highest BCUT2D eigenvalue weighted by Crippen LogP contribution is 2.29. The monoisotopic (exact) mass is 343 g/mol. The lowest BCUT2D eigenvalue weighted by Gasteiger charge is -2.31. The number of hydrogen-bond donors (Lipinski definition) is 0. The summed E-state index contributed by atoms with van der Waals surface area (Å²) >= 11 is 0. The molecule has 0 aromatic heterocycles. The van der Waals surface area contributed by atoms with Crippen LogP contribution in [-0.2, 0) is 23.7 Å². The van der Waals surface area contributed by atoms with E-state index in [4.69, 9.17) is 18.9 Å². The third kappa shape index (κ3) is 4.91. The summed E-state index contributed by atoms with van der Waals surface area (Å²) in [7, 11) is 3.83. The van der Waals surface area contributed by atoms with Gasteiger partial charge in [0.2, 0.25) is 0 Å². The molecule has 0 aromatic carbocycles. The van der Waals surface area contributed by atoms with E-state index in [9.17, 15) is 4.79 Å². The number of esters is 1. The van der Waals surface area contributed by atoms with Crippen molar-refractivity contribution in [3.05, 3.63) is 0 Å². The van der Waals surface area contributed by atoms with Gasteiger partial charge in [-0.25, -0.2) is 0 Å². The first-order valence-electron chi connectivity index (χ1n) is 9.23. The smallest absolute Gasteiger partial charge is 0.308 e. The van der Waals surface area contributed by atoms with E-state index >= 15 is 0 Å². The number of likely N-dealkylation sites (tertiary alicyclic amines) is 1. The molecule has 3 atom stereocenters. The minimum atomic E-state index is -0.0502. The highest BCUT2D eigenvalue weighted by molar-refractivity contribution is 5.72. The quantitative estimate of drug-likeness (QED) is 0.627. The van der Waals surface area contributed by atoms with E-state index in [0.717, 1.165) is 32.2 Å². The second-order valence-electron chi connectivity index (χ2n) is 6.76. The number of ether oxygens (including phenoxy) is 4. The zero-order chi connectivity index (χ0) is 17.5. The summed E-state index contributed by atoms with van der Waals surface area (Å²) in [6.45, 7) is 6.52. The zero-order valence-corrected chi connectivity index (χ0v) is 15.5. The fraction of sp³-hybridized carbons (Fsp3) is 0.944. The Morgan fingerprint density at radius 2 is 1.79 bits per heavy atom. The fourth-order valence-corrected chi connectivity index (χ4v) is 3.82. The molecule has 2 aliphatic rings. The van der Waals surface area contributed by atoms with Gasteiger partial charge >= 0.3 is 5.97 Å². The predicted molar refractivity (Wildman–Crippen MR) is 91.0 cm³/mol. The standard InChI is InChI=1S/C18H33NO5/c1-5-22-17-15(19(3)11-16(17)21-4)12-24-14-9-7-13(8-10-14)18(20)23-6-2/h13-17H,5-12H2,1-4H3/t13?,14?,15-,16-,17-/m1/s1. The van der Waals surface area contributed by atoms with Crippen molar-refractivity contribution < 1.29 is 23.7 Å². The van der Waals surface area contributed by atoms with Gasteiger partial charge in [-0.1, -0.05) is 0 Å². The van der Waals surface area contributed by atoms with Crippen molar-refractivity contribution in [3.63, 3.8) is 0 Å². The molecule has 0 unspecified atom stereocenters. The predicted octanol–water partition coefficient (Wildman–Crippen LogP) is 1.86. The third-order valence-corrected chi connectivity index (χ3v) is 5.24. The highest BCUT2D eigenvalue weighted by atomic mass is 16.5. The first-order chi connectivity index (χ1) is 11.6. The summed E-state index contributed by atoms with van der Waals surface area (Å²) in [4.78, 5) is 14.1. The van der Waals surface area contributed by atoms with Crippen LogP contribution >= 0.6 is 0 Å². The Hall–Kier alpha value is -0.690. The van der Waals surface area contributed by atoms with E-state index in [1.54, 1.807) is 7.11 Å². The summed E-state index contributed by atoms with van der Waals surface area (Å²) in [5.74, 6) is -0.00109. The second kappa shape index (κ2) is 9.70. The first kappa shape index (κ1) is 19.6. The van der Waals surface area contributed by atoms with Crippen LogP contribution in [0.25, 0.3) is 0 Å². The molecule has 24 heavy (non-hydrogen) atoms. The van der Waals surface area contributed by atoms with E-state index < -0.39 is 0 Å². The Labute approximate surface area is 145 Å². The number of hydrogen-bond acceptors (Lipinski definition) is 6. The molecule has 140 valence electrons. The van der Waals surface area contributed by atoms with Crippen LogP contribution in [0.3, 0.4) is 0 Å². The topological polar surface area (TPSA) is 57.2 Å². The molecule has 2 fully saturated rings. The molecule has 1 aliphatic heterocycles. The van der Waals surface area contributed by atoms with E-state index in [0.29, 0.717) is 19.8 Å². The molecule has 0 aromatic rings. The maximum atomic E-state index is 11.8. The van der Waals surface area contributed by atoms with E-state index in [2.05, 4.69) is 11.9 Å². The highest BCUT2D eigenvalue weighted by Gasteiger charge is 2.41. The van der Waals surface area contributed by atoms with E-state index in [1.807, 2.05) is 13.8 Å². The lowest BCUT2D eigenvalue weighted by Crippen LogP contribution is -2.41. The van der Waals surface area contributed by atoms with Crippen LogP contribution in [0, 0.1) is 5.92 Å². The van der Waals surface area contributed by atoms with Gasteiger partial charge in [-0.2, -0.15) is 0 Å². The molecule has 0 N–H and O–H groups in total. The number of carbonyl (C=O) groups excluding carboxylic acids is 1. The van der Waals surface area contributed by atoms with Gasteiger partial charge in [0, 0.05) is 20.3 Å². The van der Waals surface area contributed by atoms with Crippen LogP contribution in [0.4, 0.5) is 0 Å². The van der Waals surface area contributed by atoms with Gasteiger partial charge in [0.1, 0.15) is 6.10 Å². The van der Waals surface area contributed by atoms with Crippen molar-refractivity contribution in [2.75, 3.05) is 40.5 Å². The molecule has 6 nitrogen and oxygen atoms in total. The molecular formula is C18H33NO5. The maximum absolute atomic E-state index is 11.8. The van der Waals surface area contributed by atoms with Gasteiger partial charge in [-0.3, -0.25) is 9.69 Å². The number of likely N-dealkylation sites (N-methyl/N-ethyl adjacent to an activating group) is 1. The fourth-order valence-electron chi connectivity index (χ4n) is 3.82. The SMILES string of the molecule is CCOC(=O)C1CCC(OC[C@@H]2[C@@H](OCC)[C@H](OC)CN2C)CC1. The minimum Gasteiger partial charge on any atom is -0.466 e. The van der Waals surface area contributed by atoms with Crippen LogP contribution in [0.1, 0.15) is 39.5 Å². The third-order valence-electron chi connectivity index (χ3n) is 5.24. The van der Waals surface area contributed by atoms with Crippen molar-refractivity contribution in [2.45, 2.75) is 63.9 Å². The van der Waals surface area contributed by atoms with Crippen molar-refractivity contribution in [1.82, 2.24) is 4.90 Å². The van der Waals surface area contributed by atoms with Gasteiger partial charge in [-0.15, -0.1) is 0 Å². The molecule has 1 heterocycles. The first-order valence-corrected chi connectivity index (χ1v) is 9.23. The lowest BCUT2D eigenvalue weighted by atomic mass is 9.87. The van der Waals surface area contributed by atoms with Gasteiger partial charge in [0.15, 0.2) is 0 Å². The van der Waals surface area contributed by atoms with Crippen molar-refractivity contribution in [2.24, 2.45) is 5.92 Å². The van der Waals surface area contributed by atoms with Gasteiger partial charge < -0.3 is 18.9 Å². The molecule has 0 amide bonds. The van der Waals surface area contributed by atoms with Gasteiger partial charge in [0.05, 0.1) is 37.4 Å². The van der Waals surface area contributed by atoms with E-state index in [-0.39, 0.29) is 36.2 Å². The van der Waals surface area contributed by atoms with Crippen molar-refractivity contribution >= 4 is 5.97 Å². The normalized spacial score (nSPS) is 34.4. The Kier molecular flexibility index (Phi) is 7.94. The molecule has 1 saturated carbocycles.